The predicted octanol–water partition coefficient (Wildman–Crippen LogP) is 1.70. The minimum absolute atomic E-state index is 0.0346. The summed E-state index contributed by atoms with van der Waals surface area (Å²) >= 11 is 0. The summed E-state index contributed by atoms with van der Waals surface area (Å²) in [5.41, 5.74) is 0.276. The molecule has 1 aromatic carbocycles. The number of anilines is 1. The summed E-state index contributed by atoms with van der Waals surface area (Å²) in [5, 5.41) is 14.1. The lowest BCUT2D eigenvalue weighted by molar-refractivity contribution is 0.204. The van der Waals surface area contributed by atoms with Crippen LogP contribution < -0.4 is 10.6 Å². The van der Waals surface area contributed by atoms with Crippen LogP contribution in [0.2, 0.25) is 0 Å². The molecule has 3 atom stereocenters. The maximum atomic E-state index is 13.6. The Morgan fingerprint density at radius 2 is 2.10 bits per heavy atom. The van der Waals surface area contributed by atoms with E-state index in [0.717, 1.165) is 6.07 Å². The SMILES string of the molecule is CC(CO)C(C)NC(=O)Nc1ccc(S(C)=O)c(F)c1. The molecule has 0 saturated heterocycles. The molecule has 0 heterocycles. The van der Waals surface area contributed by atoms with Crippen molar-refractivity contribution in [2.75, 3.05) is 18.2 Å². The highest BCUT2D eigenvalue weighted by Gasteiger charge is 2.14. The Labute approximate surface area is 120 Å². The van der Waals surface area contributed by atoms with Gasteiger partial charge in [0, 0.05) is 24.6 Å². The molecule has 0 aliphatic heterocycles. The first kappa shape index (κ1) is 16.6. The standard InChI is InChI=1S/C13H19FN2O3S/c1-8(7-17)9(2)15-13(18)16-10-4-5-12(20(3)19)11(14)6-10/h4-6,8-9,17H,7H2,1-3H3,(H2,15,16,18). The molecule has 0 bridgehead atoms. The molecule has 1 rings (SSSR count). The molecule has 0 aromatic heterocycles. The third-order valence-electron chi connectivity index (χ3n) is 3.00. The lowest BCUT2D eigenvalue weighted by atomic mass is 10.1. The molecule has 2 amide bonds. The Bertz CT molecular complexity index is 510. The highest BCUT2D eigenvalue weighted by atomic mass is 32.2. The van der Waals surface area contributed by atoms with E-state index in [1.807, 2.05) is 0 Å². The van der Waals surface area contributed by atoms with Gasteiger partial charge in [0.15, 0.2) is 0 Å². The molecule has 20 heavy (non-hydrogen) atoms. The summed E-state index contributed by atoms with van der Waals surface area (Å²) in [6, 6.07) is 3.28. The molecule has 3 N–H and O–H groups in total. The average molecular weight is 302 g/mol. The maximum absolute atomic E-state index is 13.6. The van der Waals surface area contributed by atoms with Gasteiger partial charge in [0.2, 0.25) is 0 Å². The van der Waals surface area contributed by atoms with Crippen molar-refractivity contribution in [1.29, 1.82) is 0 Å². The lowest BCUT2D eigenvalue weighted by Crippen LogP contribution is -2.40. The monoisotopic (exact) mass is 302 g/mol. The zero-order chi connectivity index (χ0) is 15.3. The van der Waals surface area contributed by atoms with E-state index in [2.05, 4.69) is 10.6 Å². The molecular weight excluding hydrogens is 283 g/mol. The molecule has 7 heteroatoms. The van der Waals surface area contributed by atoms with E-state index >= 15 is 0 Å². The third-order valence-corrected chi connectivity index (χ3v) is 3.95. The molecule has 0 fully saturated rings. The summed E-state index contributed by atoms with van der Waals surface area (Å²) in [7, 11) is -1.41. The van der Waals surface area contributed by atoms with E-state index in [1.165, 1.54) is 18.4 Å². The Kier molecular flexibility index (Phi) is 6.09. The summed E-state index contributed by atoms with van der Waals surface area (Å²) in [6.45, 7) is 3.54. The first-order valence-electron chi connectivity index (χ1n) is 6.16. The van der Waals surface area contributed by atoms with E-state index in [9.17, 15) is 13.4 Å². The van der Waals surface area contributed by atoms with Crippen LogP contribution in [0.5, 0.6) is 0 Å². The second-order valence-corrected chi connectivity index (χ2v) is 5.99. The number of carbonyl (C=O) groups excluding carboxylic acids is 1. The van der Waals surface area contributed by atoms with Crippen molar-refractivity contribution in [3.63, 3.8) is 0 Å². The van der Waals surface area contributed by atoms with Crippen molar-refractivity contribution < 1.29 is 18.5 Å². The summed E-state index contributed by atoms with van der Waals surface area (Å²) in [4.78, 5) is 11.8. The van der Waals surface area contributed by atoms with Gasteiger partial charge in [0.25, 0.3) is 0 Å². The minimum Gasteiger partial charge on any atom is -0.396 e. The first-order chi connectivity index (χ1) is 9.35. The van der Waals surface area contributed by atoms with Crippen LogP contribution in [0.25, 0.3) is 0 Å². The minimum atomic E-state index is -1.41. The number of halogens is 1. The highest BCUT2D eigenvalue weighted by molar-refractivity contribution is 7.84. The number of urea groups is 1. The number of carbonyl (C=O) groups is 1. The molecule has 0 aliphatic rings. The Balaban J connectivity index is 2.67. The molecular formula is C13H19FN2O3S. The number of aliphatic hydroxyl groups is 1. The smallest absolute Gasteiger partial charge is 0.319 e. The van der Waals surface area contributed by atoms with Crippen molar-refractivity contribution >= 4 is 22.5 Å². The summed E-state index contributed by atoms with van der Waals surface area (Å²) in [6.07, 6.45) is 1.39. The van der Waals surface area contributed by atoms with Gasteiger partial charge in [0.1, 0.15) is 5.82 Å². The number of nitrogens with one attached hydrogen (secondary N) is 2. The van der Waals surface area contributed by atoms with Crippen LogP contribution in [0.1, 0.15) is 13.8 Å². The quantitative estimate of drug-likeness (QED) is 0.774. The number of aliphatic hydroxyl groups excluding tert-OH is 1. The number of hydrogen-bond acceptors (Lipinski definition) is 3. The maximum Gasteiger partial charge on any atom is 0.319 e. The van der Waals surface area contributed by atoms with Crippen LogP contribution in [0.4, 0.5) is 14.9 Å². The zero-order valence-electron chi connectivity index (χ0n) is 11.6. The molecule has 0 saturated carbocycles. The molecule has 0 aliphatic carbocycles. The first-order valence-corrected chi connectivity index (χ1v) is 7.72. The Hall–Kier alpha value is -1.47. The van der Waals surface area contributed by atoms with Gasteiger partial charge in [-0.2, -0.15) is 0 Å². The molecule has 3 unspecified atom stereocenters. The molecule has 0 spiro atoms. The van der Waals surface area contributed by atoms with Gasteiger partial charge in [0.05, 0.1) is 15.7 Å². The van der Waals surface area contributed by atoms with Crippen molar-refractivity contribution in [3.05, 3.63) is 24.0 Å². The van der Waals surface area contributed by atoms with Crippen molar-refractivity contribution in [1.82, 2.24) is 5.32 Å². The number of hydrogen-bond donors (Lipinski definition) is 3. The number of rotatable bonds is 5. The fraction of sp³-hybridized carbons (Fsp3) is 0.462. The van der Waals surface area contributed by atoms with Crippen LogP contribution in [0, 0.1) is 11.7 Å². The summed E-state index contributed by atoms with van der Waals surface area (Å²) in [5.74, 6) is -0.706. The van der Waals surface area contributed by atoms with Gasteiger partial charge >= 0.3 is 6.03 Å². The van der Waals surface area contributed by atoms with Crippen molar-refractivity contribution in [2.45, 2.75) is 24.8 Å². The average Bonchev–Trinajstić information content (AvgIpc) is 2.37. The normalized spacial score (nSPS) is 15.2. The zero-order valence-corrected chi connectivity index (χ0v) is 12.5. The van der Waals surface area contributed by atoms with Gasteiger partial charge in [-0.3, -0.25) is 4.21 Å². The molecule has 5 nitrogen and oxygen atoms in total. The fourth-order valence-corrected chi connectivity index (χ4v) is 2.08. The van der Waals surface area contributed by atoms with Gasteiger partial charge in [-0.25, -0.2) is 9.18 Å². The van der Waals surface area contributed by atoms with E-state index in [0.29, 0.717) is 0 Å². The van der Waals surface area contributed by atoms with E-state index in [-0.39, 0.29) is 29.1 Å². The lowest BCUT2D eigenvalue weighted by Gasteiger charge is -2.19. The fourth-order valence-electron chi connectivity index (χ4n) is 1.49. The van der Waals surface area contributed by atoms with Crippen LogP contribution in [-0.2, 0) is 10.8 Å². The van der Waals surface area contributed by atoms with Crippen molar-refractivity contribution in [2.24, 2.45) is 5.92 Å². The summed E-state index contributed by atoms with van der Waals surface area (Å²) < 4.78 is 24.8. The number of benzene rings is 1. The van der Waals surface area contributed by atoms with Gasteiger partial charge in [-0.1, -0.05) is 6.92 Å². The van der Waals surface area contributed by atoms with E-state index in [4.69, 9.17) is 5.11 Å². The van der Waals surface area contributed by atoms with Gasteiger partial charge in [-0.15, -0.1) is 0 Å². The van der Waals surface area contributed by atoms with Crippen LogP contribution in [-0.4, -0.2) is 34.3 Å². The van der Waals surface area contributed by atoms with E-state index in [1.54, 1.807) is 13.8 Å². The predicted molar refractivity (Wildman–Crippen MR) is 76.6 cm³/mol. The van der Waals surface area contributed by atoms with E-state index < -0.39 is 22.6 Å². The van der Waals surface area contributed by atoms with Gasteiger partial charge < -0.3 is 15.7 Å². The third kappa shape index (κ3) is 4.57. The largest absolute Gasteiger partial charge is 0.396 e. The Morgan fingerprint density at radius 3 is 2.60 bits per heavy atom. The van der Waals surface area contributed by atoms with Gasteiger partial charge in [-0.05, 0) is 31.0 Å². The molecule has 1 aromatic rings. The molecule has 0 radical (unpaired) electrons. The Morgan fingerprint density at radius 1 is 1.45 bits per heavy atom. The second kappa shape index (κ2) is 7.35. The van der Waals surface area contributed by atoms with Crippen molar-refractivity contribution in [3.8, 4) is 0 Å². The second-order valence-electron chi connectivity index (χ2n) is 4.65. The van der Waals surface area contributed by atoms with Crippen LogP contribution in [0.15, 0.2) is 23.1 Å². The van der Waals surface area contributed by atoms with Crippen LogP contribution >= 0.6 is 0 Å². The highest BCUT2D eigenvalue weighted by Crippen LogP contribution is 2.17. The topological polar surface area (TPSA) is 78.4 Å². The molecule has 112 valence electrons. The number of amides is 2. The van der Waals surface area contributed by atoms with Crippen LogP contribution in [0.3, 0.4) is 0 Å².